The highest BCUT2D eigenvalue weighted by Gasteiger charge is 2.58. The first-order valence-electron chi connectivity index (χ1n) is 8.49. The predicted molar refractivity (Wildman–Crippen MR) is 96.0 cm³/mol. The Morgan fingerprint density at radius 1 is 1.12 bits per heavy atom. The second-order valence-electron chi connectivity index (χ2n) is 7.35. The lowest BCUT2D eigenvalue weighted by atomic mass is 9.81. The Hall–Kier alpha value is -2.01. The molecule has 0 aromatic carbocycles. The van der Waals surface area contributed by atoms with Gasteiger partial charge in [0.05, 0.1) is 5.92 Å². The third kappa shape index (κ3) is 4.15. The Morgan fingerprint density at radius 3 is 2.08 bits per heavy atom. The Kier molecular flexibility index (Phi) is 6.66. The highest BCUT2D eigenvalue weighted by atomic mass is 16.3. The molecule has 0 aromatic rings. The molecule has 0 radical (unpaired) electrons. The van der Waals surface area contributed by atoms with Crippen molar-refractivity contribution in [2.24, 2.45) is 11.8 Å². The summed E-state index contributed by atoms with van der Waals surface area (Å²) >= 11 is 0. The largest absolute Gasteiger partial charge is 0.508 e. The van der Waals surface area contributed by atoms with Crippen molar-refractivity contribution in [1.29, 1.82) is 0 Å². The number of hydrogen-bond donors (Lipinski definition) is 2. The predicted octanol–water partition coefficient (Wildman–Crippen LogP) is 3.24. The third-order valence-corrected chi connectivity index (χ3v) is 4.32. The van der Waals surface area contributed by atoms with Crippen LogP contribution in [-0.2, 0) is 14.4 Å². The molecule has 0 spiro atoms. The van der Waals surface area contributed by atoms with E-state index in [-0.39, 0.29) is 12.8 Å². The summed E-state index contributed by atoms with van der Waals surface area (Å²) in [5.74, 6) is -4.41. The molecule has 2 atom stereocenters. The zero-order valence-corrected chi connectivity index (χ0v) is 15.8. The van der Waals surface area contributed by atoms with E-state index in [1.165, 1.54) is 0 Å². The Labute approximate surface area is 149 Å². The minimum atomic E-state index is -2.35. The first kappa shape index (κ1) is 21.0. The summed E-state index contributed by atoms with van der Waals surface area (Å²) in [6, 6.07) is 0. The van der Waals surface area contributed by atoms with Gasteiger partial charge in [0.2, 0.25) is 0 Å². The summed E-state index contributed by atoms with van der Waals surface area (Å²) in [6.45, 7) is 10.5. The van der Waals surface area contributed by atoms with Crippen LogP contribution in [0.3, 0.4) is 0 Å². The van der Waals surface area contributed by atoms with Crippen LogP contribution in [0.1, 0.15) is 54.4 Å². The molecule has 0 aliphatic heterocycles. The van der Waals surface area contributed by atoms with Gasteiger partial charge in [-0.3, -0.25) is 14.4 Å². The maximum Gasteiger partial charge on any atom is 0.191 e. The Bertz CT molecular complexity index is 670. The highest BCUT2D eigenvalue weighted by molar-refractivity contribution is 6.26. The third-order valence-electron chi connectivity index (χ3n) is 4.32. The molecule has 0 aromatic heterocycles. The normalized spacial score (nSPS) is 23.0. The minimum absolute atomic E-state index is 0.0805. The number of carbonyl (C=O) groups is 3. The standard InChI is InChI=1S/C20H28O5/c1-11(2)7-9-14-18(23)16(17(22)13(5)6)19(24)20(14,25)15(21)10-8-12(3)4/h7-8,13-14,24-25H,9-10H2,1-6H3/t14-,20-/m0/s1. The molecule has 1 aliphatic rings. The zero-order chi connectivity index (χ0) is 19.5. The fraction of sp³-hybridized carbons (Fsp3) is 0.550. The van der Waals surface area contributed by atoms with Crippen molar-refractivity contribution in [3.8, 4) is 0 Å². The maximum atomic E-state index is 12.7. The first-order valence-corrected chi connectivity index (χ1v) is 8.49. The van der Waals surface area contributed by atoms with E-state index in [1.807, 2.05) is 13.8 Å². The zero-order valence-electron chi connectivity index (χ0n) is 15.8. The van der Waals surface area contributed by atoms with Gasteiger partial charge in [-0.25, -0.2) is 0 Å². The summed E-state index contributed by atoms with van der Waals surface area (Å²) in [5.41, 5.74) is -0.996. The smallest absolute Gasteiger partial charge is 0.191 e. The Morgan fingerprint density at radius 2 is 1.64 bits per heavy atom. The molecule has 0 saturated heterocycles. The summed E-state index contributed by atoms with van der Waals surface area (Å²) in [5, 5.41) is 21.5. The summed E-state index contributed by atoms with van der Waals surface area (Å²) in [6.07, 6.45) is 3.30. The lowest BCUT2D eigenvalue weighted by molar-refractivity contribution is -0.144. The lowest BCUT2D eigenvalue weighted by Gasteiger charge is -2.27. The molecule has 0 bridgehead atoms. The number of ketones is 3. The fourth-order valence-corrected chi connectivity index (χ4v) is 2.77. The average molecular weight is 348 g/mol. The van der Waals surface area contributed by atoms with E-state index in [0.717, 1.165) is 11.1 Å². The van der Waals surface area contributed by atoms with E-state index in [0.29, 0.717) is 0 Å². The monoisotopic (exact) mass is 348 g/mol. The van der Waals surface area contributed by atoms with Gasteiger partial charge >= 0.3 is 0 Å². The molecule has 0 saturated carbocycles. The number of Topliss-reactive ketones (excluding diaryl/α,β-unsaturated/α-hetero) is 3. The number of rotatable bonds is 7. The highest BCUT2D eigenvalue weighted by Crippen LogP contribution is 2.41. The maximum absolute atomic E-state index is 12.7. The van der Waals surface area contributed by atoms with Crippen LogP contribution in [0.25, 0.3) is 0 Å². The SMILES string of the molecule is CC(C)=CCC(=O)[C@]1(O)C(O)=C(C(=O)C(C)C)C(=O)[C@@H]1CC=C(C)C. The summed E-state index contributed by atoms with van der Waals surface area (Å²) in [4.78, 5) is 37.7. The Balaban J connectivity index is 3.45. The van der Waals surface area contributed by atoms with E-state index in [1.54, 1.807) is 39.8 Å². The lowest BCUT2D eigenvalue weighted by Crippen LogP contribution is -2.46. The van der Waals surface area contributed by atoms with Crippen LogP contribution in [0.4, 0.5) is 0 Å². The number of carbonyl (C=O) groups excluding carboxylic acids is 3. The number of aliphatic hydroxyl groups is 2. The average Bonchev–Trinajstić information content (AvgIpc) is 2.69. The van der Waals surface area contributed by atoms with Gasteiger partial charge in [0.15, 0.2) is 23.0 Å². The summed E-state index contributed by atoms with van der Waals surface area (Å²) in [7, 11) is 0. The molecular weight excluding hydrogens is 320 g/mol. The van der Waals surface area contributed by atoms with Crippen LogP contribution in [0.2, 0.25) is 0 Å². The van der Waals surface area contributed by atoms with E-state index >= 15 is 0 Å². The van der Waals surface area contributed by atoms with Crippen LogP contribution in [0.15, 0.2) is 34.6 Å². The van der Waals surface area contributed by atoms with Gasteiger partial charge in [0.1, 0.15) is 11.3 Å². The van der Waals surface area contributed by atoms with Gasteiger partial charge < -0.3 is 10.2 Å². The molecule has 138 valence electrons. The molecular formula is C20H28O5. The molecule has 2 N–H and O–H groups in total. The molecule has 0 fully saturated rings. The van der Waals surface area contributed by atoms with Crippen LogP contribution in [0, 0.1) is 11.8 Å². The molecule has 5 nitrogen and oxygen atoms in total. The van der Waals surface area contributed by atoms with Gasteiger partial charge in [0, 0.05) is 12.3 Å². The van der Waals surface area contributed by atoms with Gasteiger partial charge in [0.25, 0.3) is 0 Å². The summed E-state index contributed by atoms with van der Waals surface area (Å²) < 4.78 is 0. The van der Waals surface area contributed by atoms with Crippen molar-refractivity contribution in [3.05, 3.63) is 34.6 Å². The molecule has 1 aliphatic carbocycles. The van der Waals surface area contributed by atoms with Crippen molar-refractivity contribution in [1.82, 2.24) is 0 Å². The second-order valence-corrected chi connectivity index (χ2v) is 7.35. The van der Waals surface area contributed by atoms with E-state index in [2.05, 4.69) is 0 Å². The van der Waals surface area contributed by atoms with Crippen molar-refractivity contribution in [2.75, 3.05) is 0 Å². The van der Waals surface area contributed by atoms with Crippen LogP contribution >= 0.6 is 0 Å². The number of aliphatic hydroxyl groups excluding tert-OH is 1. The van der Waals surface area contributed by atoms with E-state index in [4.69, 9.17) is 0 Å². The molecule has 0 amide bonds. The van der Waals surface area contributed by atoms with Crippen LogP contribution < -0.4 is 0 Å². The molecule has 25 heavy (non-hydrogen) atoms. The van der Waals surface area contributed by atoms with Gasteiger partial charge in [-0.2, -0.15) is 0 Å². The number of hydrogen-bond acceptors (Lipinski definition) is 5. The molecule has 0 heterocycles. The van der Waals surface area contributed by atoms with Gasteiger partial charge in [-0.15, -0.1) is 0 Å². The van der Waals surface area contributed by atoms with Crippen molar-refractivity contribution >= 4 is 17.3 Å². The van der Waals surface area contributed by atoms with Gasteiger partial charge in [-0.1, -0.05) is 37.1 Å². The van der Waals surface area contributed by atoms with Crippen molar-refractivity contribution in [3.63, 3.8) is 0 Å². The topological polar surface area (TPSA) is 91.7 Å². The van der Waals surface area contributed by atoms with Crippen LogP contribution in [-0.4, -0.2) is 33.2 Å². The quantitative estimate of drug-likeness (QED) is 0.544. The fourth-order valence-electron chi connectivity index (χ4n) is 2.77. The number of allylic oxidation sites excluding steroid dienone is 5. The molecule has 5 heteroatoms. The van der Waals surface area contributed by atoms with Crippen LogP contribution in [0.5, 0.6) is 0 Å². The van der Waals surface area contributed by atoms with E-state index in [9.17, 15) is 24.6 Å². The first-order chi connectivity index (χ1) is 11.4. The molecule has 1 rings (SSSR count). The minimum Gasteiger partial charge on any atom is -0.508 e. The van der Waals surface area contributed by atoms with Crippen molar-refractivity contribution < 1.29 is 24.6 Å². The van der Waals surface area contributed by atoms with Crippen molar-refractivity contribution in [2.45, 2.75) is 60.0 Å². The van der Waals surface area contributed by atoms with Gasteiger partial charge in [-0.05, 0) is 34.1 Å². The molecule has 0 unspecified atom stereocenters. The second kappa shape index (κ2) is 7.91. The van der Waals surface area contributed by atoms with E-state index < -0.39 is 46.1 Å².